The Hall–Kier alpha value is -0.430. The van der Waals surface area contributed by atoms with E-state index in [-0.39, 0.29) is 6.04 Å². The molecule has 1 aliphatic carbocycles. The van der Waals surface area contributed by atoms with Crippen molar-refractivity contribution in [2.75, 3.05) is 0 Å². The summed E-state index contributed by atoms with van der Waals surface area (Å²) in [7, 11) is -3.33. The van der Waals surface area contributed by atoms with Crippen LogP contribution in [0.4, 0.5) is 0 Å². The number of sulfonamides is 1. The summed E-state index contributed by atoms with van der Waals surface area (Å²) in [6.07, 6.45) is 3.28. The first-order chi connectivity index (χ1) is 8.51. The van der Waals surface area contributed by atoms with Gasteiger partial charge >= 0.3 is 0 Å². The minimum atomic E-state index is -3.33. The molecule has 1 aliphatic rings. The Labute approximate surface area is 113 Å². The Morgan fingerprint density at radius 1 is 1.44 bits per heavy atom. The van der Waals surface area contributed by atoms with Crippen molar-refractivity contribution in [1.29, 1.82) is 0 Å². The minimum Gasteiger partial charge on any atom is -0.309 e. The molecule has 0 spiro atoms. The fraction of sp³-hybridized carbons (Fsp3) is 0.667. The summed E-state index contributed by atoms with van der Waals surface area (Å²) in [5, 5.41) is 3.38. The topological polar surface area (TPSA) is 58.2 Å². The molecule has 0 aromatic carbocycles. The van der Waals surface area contributed by atoms with Gasteiger partial charge in [-0.3, -0.25) is 0 Å². The lowest BCUT2D eigenvalue weighted by Gasteiger charge is -2.10. The van der Waals surface area contributed by atoms with E-state index in [1.54, 1.807) is 6.07 Å². The Bertz CT molecular complexity index is 492. The highest BCUT2D eigenvalue weighted by Crippen LogP contribution is 2.24. The number of nitrogens with one attached hydrogen (secondary N) is 2. The second-order valence-corrected chi connectivity index (χ2v) is 7.92. The van der Waals surface area contributed by atoms with Crippen LogP contribution in [0.25, 0.3) is 0 Å². The summed E-state index contributed by atoms with van der Waals surface area (Å²) >= 11 is 1.35. The predicted molar refractivity (Wildman–Crippen MR) is 74.3 cm³/mol. The molecule has 0 radical (unpaired) electrons. The molecule has 2 N–H and O–H groups in total. The Balaban J connectivity index is 1.98. The van der Waals surface area contributed by atoms with E-state index in [0.29, 0.717) is 10.3 Å². The largest absolute Gasteiger partial charge is 0.309 e. The zero-order valence-electron chi connectivity index (χ0n) is 10.8. The normalized spacial score (nSPS) is 17.9. The molecule has 0 aliphatic heterocycles. The van der Waals surface area contributed by atoms with Gasteiger partial charge in [0.1, 0.15) is 4.21 Å². The van der Waals surface area contributed by atoms with E-state index in [2.05, 4.69) is 10.0 Å². The van der Waals surface area contributed by atoms with Crippen LogP contribution < -0.4 is 10.0 Å². The van der Waals surface area contributed by atoms with Crippen molar-refractivity contribution in [3.8, 4) is 0 Å². The van der Waals surface area contributed by atoms with E-state index in [1.807, 2.05) is 19.9 Å². The quantitative estimate of drug-likeness (QED) is 0.807. The molecule has 1 heterocycles. The highest BCUT2D eigenvalue weighted by atomic mass is 32.2. The lowest BCUT2D eigenvalue weighted by molar-refractivity contribution is 0.558. The van der Waals surface area contributed by atoms with Crippen molar-refractivity contribution in [3.05, 3.63) is 17.0 Å². The summed E-state index contributed by atoms with van der Waals surface area (Å²) in [5.41, 5.74) is 0. The molecule has 18 heavy (non-hydrogen) atoms. The van der Waals surface area contributed by atoms with Gasteiger partial charge in [-0.1, -0.05) is 6.92 Å². The maximum atomic E-state index is 12.0. The molecule has 0 amide bonds. The molecule has 1 saturated carbocycles. The monoisotopic (exact) mass is 288 g/mol. The number of hydrogen-bond donors (Lipinski definition) is 2. The number of hydrogen-bond acceptors (Lipinski definition) is 4. The Morgan fingerprint density at radius 3 is 2.78 bits per heavy atom. The molecule has 1 aromatic heterocycles. The van der Waals surface area contributed by atoms with Crippen molar-refractivity contribution in [1.82, 2.24) is 10.0 Å². The molecule has 0 bridgehead atoms. The third-order valence-electron chi connectivity index (χ3n) is 3.01. The van der Waals surface area contributed by atoms with Crippen LogP contribution in [-0.4, -0.2) is 20.5 Å². The van der Waals surface area contributed by atoms with Gasteiger partial charge in [0, 0.05) is 23.5 Å². The van der Waals surface area contributed by atoms with Crippen LogP contribution >= 0.6 is 11.3 Å². The molecule has 102 valence electrons. The van der Waals surface area contributed by atoms with Gasteiger partial charge < -0.3 is 5.32 Å². The average Bonchev–Trinajstić information content (AvgIpc) is 3.02. The van der Waals surface area contributed by atoms with Gasteiger partial charge in [0.15, 0.2) is 0 Å². The molecule has 1 fully saturated rings. The maximum absolute atomic E-state index is 12.0. The van der Waals surface area contributed by atoms with Gasteiger partial charge in [-0.15, -0.1) is 11.3 Å². The van der Waals surface area contributed by atoms with Crippen molar-refractivity contribution in [3.63, 3.8) is 0 Å². The van der Waals surface area contributed by atoms with E-state index in [9.17, 15) is 8.42 Å². The van der Waals surface area contributed by atoms with Crippen LogP contribution in [-0.2, 0) is 16.6 Å². The standard InChI is InChI=1S/C12H20N2O2S2/c1-3-9(2)14-18(15,16)12-7-6-11(17-12)8-13-10-4-5-10/h6-7,9-10,13-14H,3-5,8H2,1-2H3. The van der Waals surface area contributed by atoms with Gasteiger partial charge in [-0.05, 0) is 38.3 Å². The Morgan fingerprint density at radius 2 is 2.17 bits per heavy atom. The first-order valence-corrected chi connectivity index (χ1v) is 8.65. The van der Waals surface area contributed by atoms with Crippen LogP contribution in [0.2, 0.25) is 0 Å². The summed E-state index contributed by atoms with van der Waals surface area (Å²) in [6.45, 7) is 4.61. The van der Waals surface area contributed by atoms with Crippen LogP contribution in [0.3, 0.4) is 0 Å². The lowest BCUT2D eigenvalue weighted by atomic mass is 10.3. The summed E-state index contributed by atoms with van der Waals surface area (Å²) in [4.78, 5) is 1.08. The van der Waals surface area contributed by atoms with Gasteiger partial charge in [-0.25, -0.2) is 13.1 Å². The Kier molecular flexibility index (Phi) is 4.42. The minimum absolute atomic E-state index is 0.0230. The van der Waals surface area contributed by atoms with E-state index in [1.165, 1.54) is 24.2 Å². The smallest absolute Gasteiger partial charge is 0.250 e. The van der Waals surface area contributed by atoms with Crippen LogP contribution in [0.1, 0.15) is 38.0 Å². The molecule has 6 heteroatoms. The molecular formula is C12H20N2O2S2. The summed E-state index contributed by atoms with van der Waals surface area (Å²) in [5.74, 6) is 0. The van der Waals surface area contributed by atoms with E-state index >= 15 is 0 Å². The van der Waals surface area contributed by atoms with Gasteiger partial charge in [0.05, 0.1) is 0 Å². The SMILES string of the molecule is CCC(C)NS(=O)(=O)c1ccc(CNC2CC2)s1. The zero-order chi connectivity index (χ0) is 13.2. The first kappa shape index (κ1) is 14.0. The van der Waals surface area contributed by atoms with Gasteiger partial charge in [0.2, 0.25) is 10.0 Å². The van der Waals surface area contributed by atoms with Crippen LogP contribution in [0, 0.1) is 0 Å². The molecular weight excluding hydrogens is 268 g/mol. The zero-order valence-corrected chi connectivity index (χ0v) is 12.4. The highest BCUT2D eigenvalue weighted by molar-refractivity contribution is 7.91. The highest BCUT2D eigenvalue weighted by Gasteiger charge is 2.22. The number of thiophene rings is 1. The second kappa shape index (κ2) is 5.69. The molecule has 1 aromatic rings. The average molecular weight is 288 g/mol. The van der Waals surface area contributed by atoms with Crippen LogP contribution in [0.15, 0.2) is 16.3 Å². The molecule has 1 atom stereocenters. The maximum Gasteiger partial charge on any atom is 0.250 e. The van der Waals surface area contributed by atoms with E-state index in [0.717, 1.165) is 17.8 Å². The first-order valence-electron chi connectivity index (χ1n) is 6.35. The van der Waals surface area contributed by atoms with Crippen molar-refractivity contribution in [2.24, 2.45) is 0 Å². The summed E-state index contributed by atoms with van der Waals surface area (Å²) < 4.78 is 27.2. The van der Waals surface area contributed by atoms with E-state index in [4.69, 9.17) is 0 Å². The van der Waals surface area contributed by atoms with E-state index < -0.39 is 10.0 Å². The van der Waals surface area contributed by atoms with Crippen molar-refractivity contribution >= 4 is 21.4 Å². The fourth-order valence-corrected chi connectivity index (χ4v) is 4.19. The summed E-state index contributed by atoms with van der Waals surface area (Å²) in [6, 6.07) is 4.21. The lowest BCUT2D eigenvalue weighted by Crippen LogP contribution is -2.31. The number of rotatable bonds is 7. The fourth-order valence-electron chi connectivity index (χ4n) is 1.54. The second-order valence-electron chi connectivity index (χ2n) is 4.81. The van der Waals surface area contributed by atoms with Gasteiger partial charge in [-0.2, -0.15) is 0 Å². The third-order valence-corrected chi connectivity index (χ3v) is 6.18. The molecule has 1 unspecified atom stereocenters. The third kappa shape index (κ3) is 3.78. The predicted octanol–water partition coefficient (Wildman–Crippen LogP) is 2.08. The molecule has 4 nitrogen and oxygen atoms in total. The van der Waals surface area contributed by atoms with Gasteiger partial charge in [0.25, 0.3) is 0 Å². The van der Waals surface area contributed by atoms with Crippen molar-refractivity contribution in [2.45, 2.75) is 55.9 Å². The molecule has 2 rings (SSSR count). The molecule has 0 saturated heterocycles. The van der Waals surface area contributed by atoms with Crippen LogP contribution in [0.5, 0.6) is 0 Å². The van der Waals surface area contributed by atoms with Crippen molar-refractivity contribution < 1.29 is 8.42 Å².